The normalized spacial score (nSPS) is 10.2. The van der Waals surface area contributed by atoms with Gasteiger partial charge in [-0.3, -0.25) is 4.79 Å². The van der Waals surface area contributed by atoms with Gasteiger partial charge >= 0.3 is 5.97 Å². The second-order valence-corrected chi connectivity index (χ2v) is 4.94. The fourth-order valence-corrected chi connectivity index (χ4v) is 3.05. The number of hydrogen-bond donors (Lipinski definition) is 0. The maximum absolute atomic E-state index is 11.2. The molecule has 0 spiro atoms. The van der Waals surface area contributed by atoms with Gasteiger partial charge in [0.15, 0.2) is 0 Å². The van der Waals surface area contributed by atoms with E-state index in [1.165, 1.54) is 12.0 Å². The zero-order valence-electron chi connectivity index (χ0n) is 8.23. The summed E-state index contributed by atoms with van der Waals surface area (Å²) >= 11 is 3.28. The van der Waals surface area contributed by atoms with E-state index in [1.54, 1.807) is 22.7 Å². The first-order chi connectivity index (χ1) is 7.31. The molecule has 0 atom stereocenters. The fraction of sp³-hybridized carbons (Fsp3) is 0.182. The third kappa shape index (κ3) is 2.27. The van der Waals surface area contributed by atoms with Crippen LogP contribution in [0.4, 0.5) is 0 Å². The van der Waals surface area contributed by atoms with Crippen LogP contribution in [0.1, 0.15) is 4.88 Å². The van der Waals surface area contributed by atoms with E-state index in [9.17, 15) is 4.79 Å². The van der Waals surface area contributed by atoms with Crippen LogP contribution in [0.5, 0.6) is 0 Å². The number of thiophene rings is 2. The molecule has 0 aliphatic heterocycles. The Morgan fingerprint density at radius 3 is 2.87 bits per heavy atom. The number of rotatable bonds is 3. The van der Waals surface area contributed by atoms with Crippen molar-refractivity contribution in [1.29, 1.82) is 0 Å². The molecule has 0 saturated carbocycles. The summed E-state index contributed by atoms with van der Waals surface area (Å²) < 4.78 is 4.67. The van der Waals surface area contributed by atoms with E-state index in [-0.39, 0.29) is 5.97 Å². The lowest BCUT2D eigenvalue weighted by molar-refractivity contribution is -0.139. The van der Waals surface area contributed by atoms with Crippen LogP contribution in [0.25, 0.3) is 10.4 Å². The first kappa shape index (κ1) is 10.4. The molecule has 0 N–H and O–H groups in total. The molecule has 0 fully saturated rings. The van der Waals surface area contributed by atoms with Gasteiger partial charge in [0.1, 0.15) is 0 Å². The van der Waals surface area contributed by atoms with E-state index in [2.05, 4.69) is 16.9 Å². The summed E-state index contributed by atoms with van der Waals surface area (Å²) in [5.74, 6) is -0.185. The molecule has 0 radical (unpaired) electrons. The zero-order chi connectivity index (χ0) is 10.7. The highest BCUT2D eigenvalue weighted by Crippen LogP contribution is 2.31. The highest BCUT2D eigenvalue weighted by Gasteiger charge is 2.11. The number of methoxy groups -OCH3 is 1. The van der Waals surface area contributed by atoms with Crippen molar-refractivity contribution in [2.24, 2.45) is 0 Å². The van der Waals surface area contributed by atoms with Crippen LogP contribution in [0.15, 0.2) is 29.0 Å². The van der Waals surface area contributed by atoms with Gasteiger partial charge in [-0.05, 0) is 22.9 Å². The van der Waals surface area contributed by atoms with Gasteiger partial charge in [-0.25, -0.2) is 0 Å². The quantitative estimate of drug-likeness (QED) is 0.768. The van der Waals surface area contributed by atoms with Crippen molar-refractivity contribution >= 4 is 28.6 Å². The van der Waals surface area contributed by atoms with Crippen LogP contribution in [0.2, 0.25) is 0 Å². The molecule has 2 aromatic rings. The molecule has 2 rings (SSSR count). The Hall–Kier alpha value is -1.13. The Morgan fingerprint density at radius 2 is 2.20 bits per heavy atom. The minimum Gasteiger partial charge on any atom is -0.469 e. The Kier molecular flexibility index (Phi) is 3.18. The topological polar surface area (TPSA) is 26.3 Å². The first-order valence-corrected chi connectivity index (χ1v) is 6.24. The lowest BCUT2D eigenvalue weighted by Gasteiger charge is -2.00. The third-order valence-corrected chi connectivity index (χ3v) is 3.89. The second kappa shape index (κ2) is 4.59. The van der Waals surface area contributed by atoms with Crippen molar-refractivity contribution in [1.82, 2.24) is 0 Å². The first-order valence-electron chi connectivity index (χ1n) is 4.48. The highest BCUT2D eigenvalue weighted by atomic mass is 32.1. The molecule has 0 aromatic carbocycles. The molecular weight excluding hydrogens is 228 g/mol. The molecule has 0 aliphatic carbocycles. The van der Waals surface area contributed by atoms with E-state index in [1.807, 2.05) is 16.8 Å². The van der Waals surface area contributed by atoms with Crippen LogP contribution >= 0.6 is 22.7 Å². The summed E-state index contributed by atoms with van der Waals surface area (Å²) in [6, 6.07) is 6.13. The lowest BCUT2D eigenvalue weighted by atomic mass is 10.2. The van der Waals surface area contributed by atoms with Crippen molar-refractivity contribution in [2.75, 3.05) is 7.11 Å². The number of hydrogen-bond acceptors (Lipinski definition) is 4. The van der Waals surface area contributed by atoms with Gasteiger partial charge in [0.2, 0.25) is 0 Å². The highest BCUT2D eigenvalue weighted by molar-refractivity contribution is 7.14. The van der Waals surface area contributed by atoms with Gasteiger partial charge in [0.25, 0.3) is 0 Å². The standard InChI is InChI=1S/C11H10O2S2/c1-13-11(12)7-10-8(4-6-15-10)9-3-2-5-14-9/h2-6H,7H2,1H3. The Balaban J connectivity index is 2.27. The van der Waals surface area contributed by atoms with Gasteiger partial charge in [-0.15, -0.1) is 22.7 Å². The van der Waals surface area contributed by atoms with Crippen molar-refractivity contribution < 1.29 is 9.53 Å². The van der Waals surface area contributed by atoms with Crippen molar-refractivity contribution in [3.05, 3.63) is 33.8 Å². The lowest BCUT2D eigenvalue weighted by Crippen LogP contribution is -2.03. The minimum atomic E-state index is -0.185. The average molecular weight is 238 g/mol. The van der Waals surface area contributed by atoms with Crippen molar-refractivity contribution in [3.8, 4) is 10.4 Å². The molecule has 0 aliphatic rings. The van der Waals surface area contributed by atoms with Crippen LogP contribution in [0, 0.1) is 0 Å². The van der Waals surface area contributed by atoms with Crippen molar-refractivity contribution in [3.63, 3.8) is 0 Å². The van der Waals surface area contributed by atoms with Crippen LogP contribution < -0.4 is 0 Å². The summed E-state index contributed by atoms with van der Waals surface area (Å²) in [5.41, 5.74) is 1.15. The molecule has 78 valence electrons. The average Bonchev–Trinajstić information content (AvgIpc) is 2.86. The summed E-state index contributed by atoms with van der Waals surface area (Å²) in [4.78, 5) is 13.5. The summed E-state index contributed by atoms with van der Waals surface area (Å²) in [5, 5.41) is 4.04. The van der Waals surface area contributed by atoms with Gasteiger partial charge in [0, 0.05) is 15.3 Å². The number of carbonyl (C=O) groups excluding carboxylic acids is 1. The SMILES string of the molecule is COC(=O)Cc1sccc1-c1cccs1. The maximum atomic E-state index is 11.2. The molecule has 2 heterocycles. The van der Waals surface area contributed by atoms with Gasteiger partial charge in [-0.2, -0.15) is 0 Å². The Labute approximate surface area is 96.1 Å². The molecule has 0 unspecified atom stereocenters. The van der Waals surface area contributed by atoms with E-state index < -0.39 is 0 Å². The number of esters is 1. The number of carbonyl (C=O) groups is 1. The van der Waals surface area contributed by atoms with E-state index >= 15 is 0 Å². The van der Waals surface area contributed by atoms with Crippen molar-refractivity contribution in [2.45, 2.75) is 6.42 Å². The predicted molar refractivity (Wildman–Crippen MR) is 63.4 cm³/mol. The van der Waals surface area contributed by atoms with Gasteiger partial charge in [-0.1, -0.05) is 6.07 Å². The molecule has 15 heavy (non-hydrogen) atoms. The van der Waals surface area contributed by atoms with E-state index in [0.29, 0.717) is 6.42 Å². The summed E-state index contributed by atoms with van der Waals surface area (Å²) in [6.45, 7) is 0. The number of ether oxygens (including phenoxy) is 1. The van der Waals surface area contributed by atoms with Gasteiger partial charge in [0.05, 0.1) is 13.5 Å². The third-order valence-electron chi connectivity index (χ3n) is 2.06. The largest absolute Gasteiger partial charge is 0.469 e. The zero-order valence-corrected chi connectivity index (χ0v) is 9.86. The molecule has 4 heteroatoms. The van der Waals surface area contributed by atoms with Crippen LogP contribution in [0.3, 0.4) is 0 Å². The van der Waals surface area contributed by atoms with Crippen LogP contribution in [-0.2, 0) is 16.0 Å². The Morgan fingerprint density at radius 1 is 1.33 bits per heavy atom. The second-order valence-electron chi connectivity index (χ2n) is 2.99. The predicted octanol–water partition coefficient (Wildman–Crippen LogP) is 3.19. The molecule has 2 aromatic heterocycles. The molecule has 0 amide bonds. The van der Waals surface area contributed by atoms with Gasteiger partial charge < -0.3 is 4.74 Å². The van der Waals surface area contributed by atoms with E-state index in [4.69, 9.17) is 0 Å². The molecule has 2 nitrogen and oxygen atoms in total. The Bertz CT molecular complexity index is 443. The van der Waals surface area contributed by atoms with Crippen LogP contribution in [-0.4, -0.2) is 13.1 Å². The maximum Gasteiger partial charge on any atom is 0.310 e. The molecule has 0 bridgehead atoms. The fourth-order valence-electron chi connectivity index (χ4n) is 1.33. The molecular formula is C11H10O2S2. The van der Waals surface area contributed by atoms with E-state index in [0.717, 1.165) is 10.4 Å². The smallest absolute Gasteiger partial charge is 0.310 e. The monoisotopic (exact) mass is 238 g/mol. The molecule has 0 saturated heterocycles. The summed E-state index contributed by atoms with van der Waals surface area (Å²) in [6.07, 6.45) is 0.362. The summed E-state index contributed by atoms with van der Waals surface area (Å²) in [7, 11) is 1.42. The minimum absolute atomic E-state index is 0.185.